The van der Waals surface area contributed by atoms with Gasteiger partial charge in [-0.2, -0.15) is 0 Å². The van der Waals surface area contributed by atoms with Gasteiger partial charge in [-0.1, -0.05) is 6.07 Å². The SMILES string of the molecule is O=C(c1ccc2nccn2c1)N1CCC[C@H]1c1cccnc1. The molecule has 5 heteroatoms. The maximum atomic E-state index is 12.9. The molecule has 1 aliphatic rings. The fraction of sp³-hybridized carbons (Fsp3) is 0.235. The Morgan fingerprint density at radius 2 is 2.18 bits per heavy atom. The van der Waals surface area contributed by atoms with Crippen LogP contribution in [0.2, 0.25) is 0 Å². The van der Waals surface area contributed by atoms with Crippen LogP contribution >= 0.6 is 0 Å². The van der Waals surface area contributed by atoms with Crippen LogP contribution in [-0.2, 0) is 0 Å². The number of likely N-dealkylation sites (tertiary alicyclic amines) is 1. The third-order valence-corrected chi connectivity index (χ3v) is 4.22. The lowest BCUT2D eigenvalue weighted by molar-refractivity contribution is 0.0735. The number of fused-ring (bicyclic) bond motifs is 1. The maximum Gasteiger partial charge on any atom is 0.255 e. The van der Waals surface area contributed by atoms with E-state index in [1.54, 1.807) is 12.4 Å². The van der Waals surface area contributed by atoms with Gasteiger partial charge in [0.1, 0.15) is 5.65 Å². The van der Waals surface area contributed by atoms with Gasteiger partial charge in [-0.05, 0) is 36.6 Å². The van der Waals surface area contributed by atoms with Crippen molar-refractivity contribution in [3.8, 4) is 0 Å². The molecule has 4 heterocycles. The highest BCUT2D eigenvalue weighted by Crippen LogP contribution is 2.32. The normalized spacial score (nSPS) is 18.0. The molecular formula is C17H16N4O. The molecule has 0 aliphatic carbocycles. The minimum atomic E-state index is 0.0713. The Kier molecular flexibility index (Phi) is 3.11. The highest BCUT2D eigenvalue weighted by molar-refractivity contribution is 5.94. The first-order chi connectivity index (χ1) is 10.8. The number of pyridine rings is 2. The molecule has 0 aromatic carbocycles. The summed E-state index contributed by atoms with van der Waals surface area (Å²) in [6, 6.07) is 7.82. The zero-order valence-electron chi connectivity index (χ0n) is 12.1. The smallest absolute Gasteiger partial charge is 0.255 e. The molecule has 22 heavy (non-hydrogen) atoms. The van der Waals surface area contributed by atoms with Crippen LogP contribution < -0.4 is 0 Å². The summed E-state index contributed by atoms with van der Waals surface area (Å²) in [6.07, 6.45) is 11.1. The lowest BCUT2D eigenvalue weighted by Crippen LogP contribution is -2.30. The fourth-order valence-corrected chi connectivity index (χ4v) is 3.14. The summed E-state index contributed by atoms with van der Waals surface area (Å²) in [5.74, 6) is 0.0713. The number of amides is 1. The van der Waals surface area contributed by atoms with Gasteiger partial charge in [0.15, 0.2) is 0 Å². The van der Waals surface area contributed by atoms with Crippen molar-refractivity contribution in [2.24, 2.45) is 0 Å². The van der Waals surface area contributed by atoms with E-state index in [0.717, 1.165) is 30.6 Å². The van der Waals surface area contributed by atoms with Crippen molar-refractivity contribution in [3.05, 3.63) is 66.4 Å². The number of imidazole rings is 1. The molecule has 0 radical (unpaired) electrons. The topological polar surface area (TPSA) is 50.5 Å². The molecule has 1 saturated heterocycles. The van der Waals surface area contributed by atoms with E-state index in [1.165, 1.54) is 0 Å². The summed E-state index contributed by atoms with van der Waals surface area (Å²) in [7, 11) is 0. The van der Waals surface area contributed by atoms with Crippen molar-refractivity contribution in [1.82, 2.24) is 19.3 Å². The summed E-state index contributed by atoms with van der Waals surface area (Å²) < 4.78 is 1.88. The largest absolute Gasteiger partial charge is 0.332 e. The van der Waals surface area contributed by atoms with E-state index >= 15 is 0 Å². The summed E-state index contributed by atoms with van der Waals surface area (Å²) in [5.41, 5.74) is 2.65. The van der Waals surface area contributed by atoms with Crippen molar-refractivity contribution < 1.29 is 4.79 Å². The van der Waals surface area contributed by atoms with Crippen molar-refractivity contribution in [1.29, 1.82) is 0 Å². The van der Waals surface area contributed by atoms with E-state index in [9.17, 15) is 4.79 Å². The molecule has 0 N–H and O–H groups in total. The van der Waals surface area contributed by atoms with Gasteiger partial charge in [0.05, 0.1) is 11.6 Å². The second-order valence-electron chi connectivity index (χ2n) is 5.55. The molecule has 1 amide bonds. The van der Waals surface area contributed by atoms with Crippen LogP contribution in [0.4, 0.5) is 0 Å². The first kappa shape index (κ1) is 13.0. The molecule has 1 atom stereocenters. The standard InChI is InChI=1S/C17H16N4O/c22-17(14-5-6-16-19-8-10-20(16)12-14)21-9-2-4-15(21)13-3-1-7-18-11-13/h1,3,5-8,10-12,15H,2,4,9H2/t15-/m0/s1. The maximum absolute atomic E-state index is 12.9. The van der Waals surface area contributed by atoms with Crippen LogP contribution in [0.3, 0.4) is 0 Å². The zero-order chi connectivity index (χ0) is 14.9. The number of rotatable bonds is 2. The summed E-state index contributed by atoms with van der Waals surface area (Å²) in [6.45, 7) is 0.792. The number of carbonyl (C=O) groups is 1. The van der Waals surface area contributed by atoms with Gasteiger partial charge >= 0.3 is 0 Å². The molecule has 0 saturated carbocycles. The van der Waals surface area contributed by atoms with Crippen molar-refractivity contribution in [3.63, 3.8) is 0 Å². The van der Waals surface area contributed by atoms with Crippen LogP contribution in [0.1, 0.15) is 34.8 Å². The van der Waals surface area contributed by atoms with E-state index in [2.05, 4.69) is 9.97 Å². The van der Waals surface area contributed by atoms with E-state index in [1.807, 2.05) is 52.2 Å². The lowest BCUT2D eigenvalue weighted by Gasteiger charge is -2.25. The van der Waals surface area contributed by atoms with E-state index in [4.69, 9.17) is 0 Å². The number of aromatic nitrogens is 3. The minimum Gasteiger partial charge on any atom is -0.332 e. The van der Waals surface area contributed by atoms with E-state index in [0.29, 0.717) is 5.56 Å². The van der Waals surface area contributed by atoms with Crippen molar-refractivity contribution >= 4 is 11.6 Å². The number of hydrogen-bond acceptors (Lipinski definition) is 3. The van der Waals surface area contributed by atoms with E-state index in [-0.39, 0.29) is 11.9 Å². The Balaban J connectivity index is 1.66. The predicted molar refractivity (Wildman–Crippen MR) is 82.4 cm³/mol. The Morgan fingerprint density at radius 1 is 1.23 bits per heavy atom. The Hall–Kier alpha value is -2.69. The average molecular weight is 292 g/mol. The molecule has 1 fully saturated rings. The van der Waals surface area contributed by atoms with E-state index < -0.39 is 0 Å². The van der Waals surface area contributed by atoms with Crippen molar-refractivity contribution in [2.75, 3.05) is 6.54 Å². The van der Waals surface area contributed by atoms with Crippen LogP contribution in [0.15, 0.2) is 55.2 Å². The van der Waals surface area contributed by atoms with Gasteiger partial charge < -0.3 is 9.30 Å². The molecule has 110 valence electrons. The number of carbonyl (C=O) groups excluding carboxylic acids is 1. The van der Waals surface area contributed by atoms with Gasteiger partial charge in [0.2, 0.25) is 0 Å². The molecule has 3 aromatic heterocycles. The fourth-order valence-electron chi connectivity index (χ4n) is 3.14. The van der Waals surface area contributed by atoms with Gasteiger partial charge in [0.25, 0.3) is 5.91 Å². The van der Waals surface area contributed by atoms with Gasteiger partial charge in [-0.3, -0.25) is 9.78 Å². The van der Waals surface area contributed by atoms with Gasteiger partial charge in [-0.25, -0.2) is 4.98 Å². The Morgan fingerprint density at radius 3 is 3.05 bits per heavy atom. The van der Waals surface area contributed by atoms with Gasteiger partial charge in [-0.15, -0.1) is 0 Å². The molecule has 0 spiro atoms. The number of nitrogens with zero attached hydrogens (tertiary/aromatic N) is 4. The summed E-state index contributed by atoms with van der Waals surface area (Å²) in [5, 5.41) is 0. The second kappa shape index (κ2) is 5.26. The molecule has 1 aliphatic heterocycles. The Bertz CT molecular complexity index is 812. The monoisotopic (exact) mass is 292 g/mol. The first-order valence-electron chi connectivity index (χ1n) is 7.46. The molecular weight excluding hydrogens is 276 g/mol. The van der Waals surface area contributed by atoms with Crippen LogP contribution in [0.25, 0.3) is 5.65 Å². The van der Waals surface area contributed by atoms with Crippen LogP contribution in [-0.4, -0.2) is 31.7 Å². The minimum absolute atomic E-state index is 0.0713. The van der Waals surface area contributed by atoms with Crippen LogP contribution in [0.5, 0.6) is 0 Å². The molecule has 4 rings (SSSR count). The summed E-state index contributed by atoms with van der Waals surface area (Å²) >= 11 is 0. The molecule has 3 aromatic rings. The predicted octanol–water partition coefficient (Wildman–Crippen LogP) is 2.71. The second-order valence-corrected chi connectivity index (χ2v) is 5.55. The highest BCUT2D eigenvalue weighted by Gasteiger charge is 2.30. The third kappa shape index (κ3) is 2.15. The first-order valence-corrected chi connectivity index (χ1v) is 7.46. The molecule has 5 nitrogen and oxygen atoms in total. The quantitative estimate of drug-likeness (QED) is 0.729. The highest BCUT2D eigenvalue weighted by atomic mass is 16.2. The van der Waals surface area contributed by atoms with Crippen LogP contribution in [0, 0.1) is 0 Å². The zero-order valence-corrected chi connectivity index (χ0v) is 12.1. The van der Waals surface area contributed by atoms with Crippen molar-refractivity contribution in [2.45, 2.75) is 18.9 Å². The molecule has 0 bridgehead atoms. The molecule has 0 unspecified atom stereocenters. The third-order valence-electron chi connectivity index (χ3n) is 4.22. The Labute approximate surface area is 128 Å². The van der Waals surface area contributed by atoms with Gasteiger partial charge in [0, 0.05) is 37.5 Å². The summed E-state index contributed by atoms with van der Waals surface area (Å²) in [4.78, 5) is 23.2. The lowest BCUT2D eigenvalue weighted by atomic mass is 10.1. The average Bonchev–Trinajstić information content (AvgIpc) is 3.23. The number of hydrogen-bond donors (Lipinski definition) is 0.